The second-order valence-electron chi connectivity index (χ2n) is 6.66. The van der Waals surface area contributed by atoms with Gasteiger partial charge in [0.05, 0.1) is 19.1 Å². The number of benzene rings is 1. The summed E-state index contributed by atoms with van der Waals surface area (Å²) in [5.74, 6) is -0.824. The van der Waals surface area contributed by atoms with Gasteiger partial charge in [0.25, 0.3) is 5.91 Å². The smallest absolute Gasteiger partial charge is 0.310 e. The first-order valence-electron chi connectivity index (χ1n) is 8.38. The minimum atomic E-state index is -0.495. The predicted molar refractivity (Wildman–Crippen MR) is 101 cm³/mol. The SMILES string of the molecule is CCOC(=O)[C@H](CSC(C)(C)C)CC(=O)CNC(=O)c1ccccc1. The number of esters is 1. The lowest BCUT2D eigenvalue weighted by Gasteiger charge is -2.21. The molecule has 0 heterocycles. The quantitative estimate of drug-likeness (QED) is 0.681. The number of thioether (sulfide) groups is 1. The number of ketones is 1. The first-order valence-corrected chi connectivity index (χ1v) is 9.37. The van der Waals surface area contributed by atoms with Gasteiger partial charge in [-0.15, -0.1) is 0 Å². The van der Waals surface area contributed by atoms with Crippen molar-refractivity contribution in [3.63, 3.8) is 0 Å². The molecule has 0 spiro atoms. The van der Waals surface area contributed by atoms with Crippen molar-refractivity contribution in [2.75, 3.05) is 18.9 Å². The number of carbonyl (C=O) groups excluding carboxylic acids is 3. The van der Waals surface area contributed by atoms with Gasteiger partial charge in [0, 0.05) is 22.5 Å². The van der Waals surface area contributed by atoms with Gasteiger partial charge >= 0.3 is 5.97 Å². The molecule has 0 fully saturated rings. The predicted octanol–water partition coefficient (Wildman–Crippen LogP) is 3.09. The largest absolute Gasteiger partial charge is 0.466 e. The van der Waals surface area contributed by atoms with E-state index in [2.05, 4.69) is 26.1 Å². The maximum Gasteiger partial charge on any atom is 0.310 e. The molecule has 6 heteroatoms. The van der Waals surface area contributed by atoms with E-state index in [-0.39, 0.29) is 42.0 Å². The van der Waals surface area contributed by atoms with Crippen molar-refractivity contribution in [3.05, 3.63) is 35.9 Å². The Bertz CT molecular complexity index is 581. The summed E-state index contributed by atoms with van der Waals surface area (Å²) in [4.78, 5) is 36.2. The van der Waals surface area contributed by atoms with Crippen LogP contribution in [0.1, 0.15) is 44.5 Å². The summed E-state index contributed by atoms with van der Waals surface area (Å²) >= 11 is 1.62. The van der Waals surface area contributed by atoms with Crippen molar-refractivity contribution in [2.45, 2.75) is 38.9 Å². The highest BCUT2D eigenvalue weighted by atomic mass is 32.2. The minimum Gasteiger partial charge on any atom is -0.466 e. The fourth-order valence-electron chi connectivity index (χ4n) is 2.04. The maximum atomic E-state index is 12.2. The molecule has 138 valence electrons. The monoisotopic (exact) mass is 365 g/mol. The summed E-state index contributed by atoms with van der Waals surface area (Å²) in [6.07, 6.45) is 0.0665. The van der Waals surface area contributed by atoms with Crippen LogP contribution in [0.5, 0.6) is 0 Å². The molecule has 1 rings (SSSR count). The normalized spacial score (nSPS) is 12.3. The van der Waals surface area contributed by atoms with Crippen LogP contribution >= 0.6 is 11.8 Å². The van der Waals surface area contributed by atoms with E-state index in [4.69, 9.17) is 4.74 Å². The van der Waals surface area contributed by atoms with Crippen LogP contribution in [0.25, 0.3) is 0 Å². The van der Waals surface area contributed by atoms with Crippen LogP contribution in [0.3, 0.4) is 0 Å². The lowest BCUT2D eigenvalue weighted by Crippen LogP contribution is -2.32. The number of carbonyl (C=O) groups is 3. The molecular formula is C19H27NO4S. The Morgan fingerprint density at radius 2 is 1.80 bits per heavy atom. The van der Waals surface area contributed by atoms with Gasteiger partial charge in [-0.2, -0.15) is 11.8 Å². The molecule has 0 aliphatic rings. The van der Waals surface area contributed by atoms with Crippen LogP contribution in [0.4, 0.5) is 0 Å². The highest BCUT2D eigenvalue weighted by molar-refractivity contribution is 8.00. The Morgan fingerprint density at radius 1 is 1.16 bits per heavy atom. The van der Waals surface area contributed by atoms with E-state index >= 15 is 0 Å². The number of nitrogens with one attached hydrogen (secondary N) is 1. The number of hydrogen-bond donors (Lipinski definition) is 1. The number of amides is 1. The van der Waals surface area contributed by atoms with Crippen molar-refractivity contribution < 1.29 is 19.1 Å². The fraction of sp³-hybridized carbons (Fsp3) is 0.526. The third-order valence-corrected chi connectivity index (χ3v) is 4.73. The average Bonchev–Trinajstić information content (AvgIpc) is 2.56. The molecule has 1 atom stereocenters. The van der Waals surface area contributed by atoms with Gasteiger partial charge < -0.3 is 10.1 Å². The van der Waals surface area contributed by atoms with Gasteiger partial charge in [-0.25, -0.2) is 0 Å². The van der Waals surface area contributed by atoms with E-state index in [0.717, 1.165) is 0 Å². The zero-order valence-corrected chi connectivity index (χ0v) is 16.2. The highest BCUT2D eigenvalue weighted by Crippen LogP contribution is 2.27. The Hall–Kier alpha value is -1.82. The van der Waals surface area contributed by atoms with Crippen LogP contribution in [-0.4, -0.2) is 41.3 Å². The maximum absolute atomic E-state index is 12.2. The van der Waals surface area contributed by atoms with Gasteiger partial charge in [0.2, 0.25) is 0 Å². The van der Waals surface area contributed by atoms with Crippen molar-refractivity contribution >= 4 is 29.4 Å². The molecule has 0 aliphatic heterocycles. The van der Waals surface area contributed by atoms with Crippen LogP contribution in [0.15, 0.2) is 30.3 Å². The zero-order chi connectivity index (χ0) is 18.9. The summed E-state index contributed by atoms with van der Waals surface area (Å²) in [5, 5.41) is 2.60. The average molecular weight is 365 g/mol. The molecule has 0 unspecified atom stereocenters. The lowest BCUT2D eigenvalue weighted by atomic mass is 10.0. The first kappa shape index (κ1) is 21.2. The number of ether oxygens (including phenoxy) is 1. The van der Waals surface area contributed by atoms with Crippen molar-refractivity contribution in [1.82, 2.24) is 5.32 Å². The lowest BCUT2D eigenvalue weighted by molar-refractivity contribution is -0.148. The van der Waals surface area contributed by atoms with Crippen LogP contribution in [0, 0.1) is 5.92 Å². The van der Waals surface area contributed by atoms with E-state index < -0.39 is 5.92 Å². The molecule has 0 aromatic heterocycles. The van der Waals surface area contributed by atoms with E-state index in [9.17, 15) is 14.4 Å². The molecule has 1 aromatic rings. The second-order valence-corrected chi connectivity index (χ2v) is 8.51. The number of Topliss-reactive ketones (excluding diaryl/α,β-unsaturated/α-hetero) is 1. The molecule has 5 nitrogen and oxygen atoms in total. The Morgan fingerprint density at radius 3 is 2.36 bits per heavy atom. The molecule has 1 aromatic carbocycles. The first-order chi connectivity index (χ1) is 11.7. The number of rotatable bonds is 9. The number of hydrogen-bond acceptors (Lipinski definition) is 5. The highest BCUT2D eigenvalue weighted by Gasteiger charge is 2.25. The molecule has 0 radical (unpaired) electrons. The van der Waals surface area contributed by atoms with E-state index in [1.165, 1.54) is 0 Å². The van der Waals surface area contributed by atoms with E-state index in [1.807, 2.05) is 6.07 Å². The van der Waals surface area contributed by atoms with E-state index in [0.29, 0.717) is 11.3 Å². The molecule has 0 aliphatic carbocycles. The van der Waals surface area contributed by atoms with Crippen molar-refractivity contribution in [3.8, 4) is 0 Å². The summed E-state index contributed by atoms with van der Waals surface area (Å²) < 4.78 is 5.07. The molecule has 0 saturated heterocycles. The summed E-state index contributed by atoms with van der Waals surface area (Å²) in [7, 11) is 0. The van der Waals surface area contributed by atoms with Gasteiger partial charge in [0.15, 0.2) is 5.78 Å². The standard InChI is InChI=1S/C19H27NO4S/c1-5-24-18(23)15(13-25-19(2,3)4)11-16(21)12-20-17(22)14-9-7-6-8-10-14/h6-10,15H,5,11-13H2,1-4H3,(H,20,22)/t15-/m0/s1. The third kappa shape index (κ3) is 8.72. The Labute approximate surface area is 153 Å². The molecule has 0 saturated carbocycles. The second kappa shape index (κ2) is 10.2. The zero-order valence-electron chi connectivity index (χ0n) is 15.3. The summed E-state index contributed by atoms with van der Waals surface area (Å²) in [6.45, 7) is 8.11. The fourth-order valence-corrected chi connectivity index (χ4v) is 2.99. The molecule has 1 N–H and O–H groups in total. The topological polar surface area (TPSA) is 72.5 Å². The van der Waals surface area contributed by atoms with Crippen LogP contribution < -0.4 is 5.32 Å². The van der Waals surface area contributed by atoms with Crippen LogP contribution in [0.2, 0.25) is 0 Å². The van der Waals surface area contributed by atoms with Crippen molar-refractivity contribution in [2.24, 2.45) is 5.92 Å². The molecule has 0 bridgehead atoms. The summed E-state index contributed by atoms with van der Waals surface area (Å²) in [6, 6.07) is 8.70. The molecule has 25 heavy (non-hydrogen) atoms. The third-order valence-electron chi connectivity index (χ3n) is 3.29. The van der Waals surface area contributed by atoms with Gasteiger partial charge in [0.1, 0.15) is 0 Å². The van der Waals surface area contributed by atoms with Gasteiger partial charge in [-0.05, 0) is 19.1 Å². The Balaban J connectivity index is 2.55. The molecular weight excluding hydrogens is 338 g/mol. The summed E-state index contributed by atoms with van der Waals surface area (Å²) in [5.41, 5.74) is 0.500. The molecule has 1 amide bonds. The minimum absolute atomic E-state index is 0.00465. The van der Waals surface area contributed by atoms with Crippen molar-refractivity contribution in [1.29, 1.82) is 0 Å². The van der Waals surface area contributed by atoms with Gasteiger partial charge in [-0.1, -0.05) is 39.0 Å². The van der Waals surface area contributed by atoms with Crippen LogP contribution in [-0.2, 0) is 14.3 Å². The Kier molecular flexibility index (Phi) is 8.69. The van der Waals surface area contributed by atoms with E-state index in [1.54, 1.807) is 43.0 Å². The van der Waals surface area contributed by atoms with Gasteiger partial charge in [-0.3, -0.25) is 14.4 Å².